The number of nitrogens with one attached hydrogen (secondary N) is 1. The molecule has 0 unspecified atom stereocenters. The first-order chi connectivity index (χ1) is 16.4. The molecule has 1 saturated heterocycles. The smallest absolute Gasteiger partial charge is 0.263 e. The molecule has 0 spiro atoms. The van der Waals surface area contributed by atoms with E-state index in [1.807, 2.05) is 59.0 Å². The van der Waals surface area contributed by atoms with Crippen LogP contribution >= 0.6 is 11.3 Å². The third kappa shape index (κ3) is 4.45. The van der Waals surface area contributed by atoms with Gasteiger partial charge in [0.05, 0.1) is 4.90 Å². The lowest BCUT2D eigenvalue weighted by Crippen LogP contribution is -2.41. The number of piperidine rings is 1. The number of amides is 1. The number of rotatable bonds is 6. The van der Waals surface area contributed by atoms with Crippen molar-refractivity contribution in [2.45, 2.75) is 36.6 Å². The number of nitrogens with zero attached hydrogens (tertiary/aromatic N) is 3. The first kappa shape index (κ1) is 22.6. The molecule has 5 rings (SSSR count). The van der Waals surface area contributed by atoms with Crippen LogP contribution in [0, 0.1) is 0 Å². The number of likely N-dealkylation sites (tertiary alicyclic amines) is 1. The Balaban J connectivity index is 0.00000289. The second kappa shape index (κ2) is 9.23. The molecule has 0 aliphatic carbocycles. The van der Waals surface area contributed by atoms with Crippen molar-refractivity contribution in [2.24, 2.45) is 0 Å². The second-order valence-electron chi connectivity index (χ2n) is 8.57. The summed E-state index contributed by atoms with van der Waals surface area (Å²) in [6.07, 6.45) is 5.26. The van der Waals surface area contributed by atoms with Crippen LogP contribution in [-0.4, -0.2) is 41.9 Å². The standard InChI is InChI=1S/C25H26N4O3S2.H2/c1-18(29-16-12-21-4-2-3-5-23(21)29)24(30)28-14-10-20(11-15-28)19-6-8-22(9-7-19)34(31,32)27-25-26-13-17-33-25;/h2-9,12-13,16-18,20H,10-11,14-15H2,1H3,(H,26,27);1H/t18-;/m1./s1. The summed E-state index contributed by atoms with van der Waals surface area (Å²) in [4.78, 5) is 19.3. The lowest BCUT2D eigenvalue weighted by Gasteiger charge is -2.34. The molecule has 0 radical (unpaired) electrons. The summed E-state index contributed by atoms with van der Waals surface area (Å²) >= 11 is 1.24. The van der Waals surface area contributed by atoms with Crippen LogP contribution in [0.25, 0.3) is 10.9 Å². The van der Waals surface area contributed by atoms with Gasteiger partial charge in [-0.2, -0.15) is 0 Å². The molecule has 1 fully saturated rings. The van der Waals surface area contributed by atoms with Gasteiger partial charge in [-0.05, 0) is 60.9 Å². The number of sulfonamides is 1. The van der Waals surface area contributed by atoms with Crippen molar-refractivity contribution in [1.82, 2.24) is 14.5 Å². The molecule has 9 heteroatoms. The average molecular weight is 497 g/mol. The van der Waals surface area contributed by atoms with Crippen molar-refractivity contribution < 1.29 is 14.6 Å². The number of thiazole rings is 1. The van der Waals surface area contributed by atoms with Crippen molar-refractivity contribution in [3.05, 3.63) is 77.9 Å². The lowest BCUT2D eigenvalue weighted by atomic mass is 9.89. The number of aromatic nitrogens is 2. The zero-order valence-electron chi connectivity index (χ0n) is 18.8. The summed E-state index contributed by atoms with van der Waals surface area (Å²) in [6, 6.07) is 16.9. The Labute approximate surface area is 204 Å². The molecular formula is C25H28N4O3S2. The van der Waals surface area contributed by atoms with Gasteiger partial charge in [0.2, 0.25) is 5.91 Å². The van der Waals surface area contributed by atoms with E-state index in [9.17, 15) is 13.2 Å². The molecule has 0 bridgehead atoms. The van der Waals surface area contributed by atoms with Crippen LogP contribution in [0.15, 0.2) is 77.3 Å². The molecule has 2 aromatic carbocycles. The highest BCUT2D eigenvalue weighted by atomic mass is 32.2. The number of benzene rings is 2. The molecule has 1 amide bonds. The minimum Gasteiger partial charge on any atom is -0.341 e. The van der Waals surface area contributed by atoms with Crippen molar-refractivity contribution in [3.63, 3.8) is 0 Å². The molecule has 1 aliphatic rings. The normalized spacial score (nSPS) is 16.0. The summed E-state index contributed by atoms with van der Waals surface area (Å²) in [5.74, 6) is 0.435. The highest BCUT2D eigenvalue weighted by Gasteiger charge is 2.28. The zero-order valence-corrected chi connectivity index (χ0v) is 20.4. The van der Waals surface area contributed by atoms with E-state index in [2.05, 4.69) is 15.8 Å². The number of anilines is 1. The molecule has 178 valence electrons. The Morgan fingerprint density at radius 2 is 1.85 bits per heavy atom. The van der Waals surface area contributed by atoms with E-state index >= 15 is 0 Å². The zero-order chi connectivity index (χ0) is 23.7. The van der Waals surface area contributed by atoms with Crippen LogP contribution in [0.4, 0.5) is 5.13 Å². The third-order valence-corrected chi connectivity index (χ3v) is 8.70. The van der Waals surface area contributed by atoms with E-state index in [-0.39, 0.29) is 18.3 Å². The van der Waals surface area contributed by atoms with Crippen molar-refractivity contribution in [2.75, 3.05) is 17.8 Å². The van der Waals surface area contributed by atoms with E-state index in [1.54, 1.807) is 23.7 Å². The first-order valence-electron chi connectivity index (χ1n) is 11.3. The van der Waals surface area contributed by atoms with E-state index < -0.39 is 10.0 Å². The fraction of sp³-hybridized carbons (Fsp3) is 0.280. The van der Waals surface area contributed by atoms with Crippen LogP contribution in [0.2, 0.25) is 0 Å². The Bertz CT molecular complexity index is 1390. The van der Waals surface area contributed by atoms with Gasteiger partial charge in [-0.3, -0.25) is 9.52 Å². The highest BCUT2D eigenvalue weighted by Crippen LogP contribution is 2.31. The molecule has 7 nitrogen and oxygen atoms in total. The number of hydrogen-bond acceptors (Lipinski definition) is 5. The van der Waals surface area contributed by atoms with Gasteiger partial charge in [0.25, 0.3) is 10.0 Å². The van der Waals surface area contributed by atoms with Gasteiger partial charge in [0.1, 0.15) is 6.04 Å². The van der Waals surface area contributed by atoms with E-state index in [4.69, 9.17) is 0 Å². The summed E-state index contributed by atoms with van der Waals surface area (Å²) in [7, 11) is -3.65. The fourth-order valence-electron chi connectivity index (χ4n) is 4.63. The Morgan fingerprint density at radius 1 is 1.12 bits per heavy atom. The van der Waals surface area contributed by atoms with Crippen molar-refractivity contribution >= 4 is 43.3 Å². The summed E-state index contributed by atoms with van der Waals surface area (Å²) in [6.45, 7) is 3.34. The number of fused-ring (bicyclic) bond motifs is 1. The van der Waals surface area contributed by atoms with Gasteiger partial charge < -0.3 is 9.47 Å². The molecule has 34 heavy (non-hydrogen) atoms. The van der Waals surface area contributed by atoms with Gasteiger partial charge in [0, 0.05) is 37.8 Å². The molecule has 3 heterocycles. The summed E-state index contributed by atoms with van der Waals surface area (Å²) in [5, 5.41) is 3.20. The largest absolute Gasteiger partial charge is 0.341 e. The van der Waals surface area contributed by atoms with Crippen LogP contribution in [0.1, 0.15) is 38.7 Å². The number of carbonyl (C=O) groups is 1. The van der Waals surface area contributed by atoms with E-state index in [1.165, 1.54) is 11.3 Å². The number of hydrogen-bond donors (Lipinski definition) is 1. The van der Waals surface area contributed by atoms with Crippen LogP contribution < -0.4 is 4.72 Å². The van der Waals surface area contributed by atoms with Crippen LogP contribution in [0.3, 0.4) is 0 Å². The van der Waals surface area contributed by atoms with E-state index in [0.29, 0.717) is 24.1 Å². The highest BCUT2D eigenvalue weighted by molar-refractivity contribution is 7.93. The predicted octanol–water partition coefficient (Wildman–Crippen LogP) is 5.11. The monoisotopic (exact) mass is 496 g/mol. The lowest BCUT2D eigenvalue weighted by molar-refractivity contribution is -0.135. The Hall–Kier alpha value is -3.17. The quantitative estimate of drug-likeness (QED) is 0.402. The topological polar surface area (TPSA) is 84.3 Å². The molecule has 0 saturated carbocycles. The van der Waals surface area contributed by atoms with Gasteiger partial charge >= 0.3 is 0 Å². The Morgan fingerprint density at radius 3 is 2.56 bits per heavy atom. The Kier molecular flexibility index (Phi) is 6.14. The molecule has 1 aliphatic heterocycles. The van der Waals surface area contributed by atoms with E-state index in [0.717, 1.165) is 29.3 Å². The van der Waals surface area contributed by atoms with Gasteiger partial charge in [0.15, 0.2) is 5.13 Å². The van der Waals surface area contributed by atoms with Crippen LogP contribution in [0.5, 0.6) is 0 Å². The third-order valence-electron chi connectivity index (χ3n) is 6.53. The van der Waals surface area contributed by atoms with Crippen molar-refractivity contribution in [1.29, 1.82) is 0 Å². The average Bonchev–Trinajstić information content (AvgIpc) is 3.53. The second-order valence-corrected chi connectivity index (χ2v) is 11.1. The van der Waals surface area contributed by atoms with Gasteiger partial charge in [-0.15, -0.1) is 11.3 Å². The van der Waals surface area contributed by atoms with Gasteiger partial charge in [-0.25, -0.2) is 13.4 Å². The maximum Gasteiger partial charge on any atom is 0.263 e. The maximum absolute atomic E-state index is 13.2. The van der Waals surface area contributed by atoms with Crippen molar-refractivity contribution in [3.8, 4) is 0 Å². The van der Waals surface area contributed by atoms with Gasteiger partial charge in [-0.1, -0.05) is 30.3 Å². The minimum atomic E-state index is -3.65. The maximum atomic E-state index is 13.2. The fourth-order valence-corrected chi connectivity index (χ4v) is 6.41. The minimum absolute atomic E-state index is 0. The molecule has 1 atom stereocenters. The predicted molar refractivity (Wildman–Crippen MR) is 137 cm³/mol. The number of para-hydroxylation sites is 1. The summed E-state index contributed by atoms with van der Waals surface area (Å²) in [5.41, 5.74) is 2.17. The van der Waals surface area contributed by atoms with Crippen LogP contribution in [-0.2, 0) is 14.8 Å². The molecule has 1 N–H and O–H groups in total. The molecular weight excluding hydrogens is 468 g/mol. The molecule has 2 aromatic heterocycles. The first-order valence-corrected chi connectivity index (χ1v) is 13.7. The SMILES string of the molecule is C[C@H](C(=O)N1CCC(c2ccc(S(=O)(=O)Nc3nccs3)cc2)CC1)n1ccc2ccccc21.[HH]. The number of carbonyl (C=O) groups excluding carboxylic acids is 1. The molecule has 4 aromatic rings. The summed E-state index contributed by atoms with van der Waals surface area (Å²) < 4.78 is 29.7.